The molecule has 0 bridgehead atoms. The summed E-state index contributed by atoms with van der Waals surface area (Å²) in [5.41, 5.74) is -0.885. The van der Waals surface area contributed by atoms with E-state index in [-0.39, 0.29) is 31.4 Å². The van der Waals surface area contributed by atoms with E-state index in [1.807, 2.05) is 4.90 Å². The zero-order valence-electron chi connectivity index (χ0n) is 17.3. The van der Waals surface area contributed by atoms with Crippen molar-refractivity contribution in [3.63, 3.8) is 0 Å². The molecule has 1 aromatic rings. The van der Waals surface area contributed by atoms with Crippen LogP contribution in [-0.4, -0.2) is 90.2 Å². The van der Waals surface area contributed by atoms with E-state index in [4.69, 9.17) is 14.2 Å². The Morgan fingerprint density at radius 3 is 2.47 bits per heavy atom. The Balaban J connectivity index is 1.22. The van der Waals surface area contributed by atoms with E-state index in [1.54, 1.807) is 4.90 Å². The molecule has 3 aliphatic rings. The van der Waals surface area contributed by atoms with E-state index >= 15 is 0 Å². The van der Waals surface area contributed by atoms with Crippen LogP contribution < -0.4 is 4.90 Å². The number of aromatic nitrogens is 2. The molecular formula is C19H24F3N5O5. The number of amides is 2. The highest BCUT2D eigenvalue weighted by atomic mass is 19.4. The van der Waals surface area contributed by atoms with Gasteiger partial charge >= 0.3 is 12.3 Å². The molecule has 0 aliphatic carbocycles. The number of hydrogen-bond acceptors (Lipinski definition) is 8. The second-order valence-corrected chi connectivity index (χ2v) is 7.79. The van der Waals surface area contributed by atoms with Gasteiger partial charge in [-0.15, -0.1) is 0 Å². The molecule has 0 spiro atoms. The zero-order chi connectivity index (χ0) is 22.7. The quantitative estimate of drug-likeness (QED) is 0.611. The Kier molecular flexibility index (Phi) is 6.65. The van der Waals surface area contributed by atoms with Gasteiger partial charge in [0.1, 0.15) is 12.8 Å². The highest BCUT2D eigenvalue weighted by Crippen LogP contribution is 2.29. The summed E-state index contributed by atoms with van der Waals surface area (Å²) >= 11 is 0. The third-order valence-electron chi connectivity index (χ3n) is 5.81. The Hall–Kier alpha value is -2.67. The number of anilines is 1. The first-order valence-electron chi connectivity index (χ1n) is 10.4. The molecule has 4 rings (SSSR count). The van der Waals surface area contributed by atoms with Crippen LogP contribution in [0.25, 0.3) is 0 Å². The van der Waals surface area contributed by atoms with Gasteiger partial charge in [0.2, 0.25) is 5.95 Å². The molecule has 0 radical (unpaired) electrons. The molecule has 10 nitrogen and oxygen atoms in total. The smallest absolute Gasteiger partial charge is 0.419 e. The molecular weight excluding hydrogens is 435 g/mol. The fourth-order valence-corrected chi connectivity index (χ4v) is 4.02. The van der Waals surface area contributed by atoms with Crippen molar-refractivity contribution in [2.75, 3.05) is 51.2 Å². The second-order valence-electron chi connectivity index (χ2n) is 7.79. The van der Waals surface area contributed by atoms with Gasteiger partial charge in [-0.1, -0.05) is 0 Å². The summed E-state index contributed by atoms with van der Waals surface area (Å²) in [5, 5.41) is 0. The molecule has 13 heteroatoms. The van der Waals surface area contributed by atoms with Crippen LogP contribution in [0.15, 0.2) is 12.4 Å². The van der Waals surface area contributed by atoms with Crippen molar-refractivity contribution in [2.24, 2.45) is 0 Å². The van der Waals surface area contributed by atoms with Crippen molar-refractivity contribution in [3.05, 3.63) is 18.0 Å². The van der Waals surface area contributed by atoms with Crippen molar-refractivity contribution in [1.82, 2.24) is 19.8 Å². The van der Waals surface area contributed by atoms with E-state index in [1.165, 1.54) is 4.90 Å². The lowest BCUT2D eigenvalue weighted by atomic mass is 10.0. The maximum Gasteiger partial charge on any atom is 0.419 e. The number of likely N-dealkylation sites (tertiary alicyclic amines) is 1. The molecule has 4 heterocycles. The topological polar surface area (TPSA) is 97.3 Å². The molecule has 1 atom stereocenters. The molecule has 3 aliphatic heterocycles. The van der Waals surface area contributed by atoms with Crippen molar-refractivity contribution >= 4 is 17.9 Å². The Morgan fingerprint density at radius 1 is 1.12 bits per heavy atom. The van der Waals surface area contributed by atoms with Gasteiger partial charge in [-0.2, -0.15) is 13.2 Å². The number of rotatable bonds is 5. The summed E-state index contributed by atoms with van der Waals surface area (Å²) < 4.78 is 53.6. The van der Waals surface area contributed by atoms with Crippen LogP contribution in [0.2, 0.25) is 0 Å². The normalized spacial score (nSPS) is 22.7. The lowest BCUT2D eigenvalue weighted by molar-refractivity contribution is -0.145. The van der Waals surface area contributed by atoms with Gasteiger partial charge in [0, 0.05) is 51.0 Å². The van der Waals surface area contributed by atoms with Gasteiger partial charge < -0.3 is 24.0 Å². The molecule has 2 amide bonds. The summed E-state index contributed by atoms with van der Waals surface area (Å²) in [6.07, 6.45) is -2.31. The van der Waals surface area contributed by atoms with Crippen LogP contribution in [-0.2, 0) is 25.2 Å². The molecule has 1 aromatic heterocycles. The molecule has 0 saturated carbocycles. The van der Waals surface area contributed by atoms with E-state index in [0.717, 1.165) is 12.4 Å². The molecule has 32 heavy (non-hydrogen) atoms. The largest absolute Gasteiger partial charge is 0.422 e. The predicted molar refractivity (Wildman–Crippen MR) is 102 cm³/mol. The molecule has 176 valence electrons. The maximum atomic E-state index is 12.7. The lowest BCUT2D eigenvalue weighted by Gasteiger charge is -2.36. The van der Waals surface area contributed by atoms with Gasteiger partial charge in [0.05, 0.1) is 12.2 Å². The van der Waals surface area contributed by atoms with Crippen molar-refractivity contribution in [3.8, 4) is 0 Å². The third-order valence-corrected chi connectivity index (χ3v) is 5.81. The third kappa shape index (κ3) is 5.04. The van der Waals surface area contributed by atoms with E-state index < -0.39 is 23.9 Å². The van der Waals surface area contributed by atoms with E-state index in [9.17, 15) is 22.8 Å². The number of piperidine rings is 1. The van der Waals surface area contributed by atoms with Gasteiger partial charge in [-0.25, -0.2) is 14.8 Å². The van der Waals surface area contributed by atoms with Crippen LogP contribution in [0.5, 0.6) is 0 Å². The Labute approximate surface area is 182 Å². The lowest BCUT2D eigenvalue weighted by Crippen LogP contribution is -2.47. The maximum absolute atomic E-state index is 12.7. The SMILES string of the molecule is O=C(OCO[C@@H]1CCN(C2CCN(c3ncc(C(F)(F)F)cn3)CC2)C1=O)N1CCOC1. The van der Waals surface area contributed by atoms with Gasteiger partial charge in [0.15, 0.2) is 6.79 Å². The highest BCUT2D eigenvalue weighted by molar-refractivity contribution is 5.83. The minimum absolute atomic E-state index is 0.00565. The molecule has 3 saturated heterocycles. The standard InChI is InChI=1S/C19H24F3N5O5/c20-19(21,22)13-9-23-17(24-10-13)25-4-1-14(2-5-25)27-6-3-15(16(27)28)31-12-32-18(29)26-7-8-30-11-26/h9-10,14-15H,1-8,11-12H2/t15-/m1/s1. The number of carbonyl (C=O) groups excluding carboxylic acids is 2. The van der Waals surface area contributed by atoms with Gasteiger partial charge in [-0.3, -0.25) is 9.69 Å². The molecule has 3 fully saturated rings. The second kappa shape index (κ2) is 9.45. The van der Waals surface area contributed by atoms with Crippen LogP contribution in [0.3, 0.4) is 0 Å². The zero-order valence-corrected chi connectivity index (χ0v) is 17.3. The van der Waals surface area contributed by atoms with Crippen LogP contribution in [0.4, 0.5) is 23.9 Å². The number of ether oxygens (including phenoxy) is 3. The Bertz CT molecular complexity index is 811. The Morgan fingerprint density at radius 2 is 1.84 bits per heavy atom. The number of halogens is 3. The molecule has 0 aromatic carbocycles. The summed E-state index contributed by atoms with van der Waals surface area (Å²) in [7, 11) is 0. The minimum Gasteiger partial charge on any atom is -0.422 e. The number of nitrogens with zero attached hydrogens (tertiary/aromatic N) is 5. The molecule has 0 unspecified atom stereocenters. The summed E-state index contributed by atoms with van der Waals surface area (Å²) in [6, 6.07) is 0.00565. The average Bonchev–Trinajstić information content (AvgIpc) is 3.44. The van der Waals surface area contributed by atoms with E-state index in [2.05, 4.69) is 9.97 Å². The van der Waals surface area contributed by atoms with Gasteiger partial charge in [-0.05, 0) is 12.8 Å². The first-order valence-corrected chi connectivity index (χ1v) is 10.4. The van der Waals surface area contributed by atoms with Crippen molar-refractivity contribution in [2.45, 2.75) is 37.6 Å². The number of hydrogen-bond donors (Lipinski definition) is 0. The first-order chi connectivity index (χ1) is 15.3. The highest BCUT2D eigenvalue weighted by Gasteiger charge is 2.38. The summed E-state index contributed by atoms with van der Waals surface area (Å²) in [6.45, 7) is 2.41. The number of alkyl halides is 3. The summed E-state index contributed by atoms with van der Waals surface area (Å²) in [4.78, 5) is 37.2. The van der Waals surface area contributed by atoms with Crippen molar-refractivity contribution < 1.29 is 37.0 Å². The fourth-order valence-electron chi connectivity index (χ4n) is 4.02. The minimum atomic E-state index is -4.47. The van der Waals surface area contributed by atoms with Crippen molar-refractivity contribution in [1.29, 1.82) is 0 Å². The van der Waals surface area contributed by atoms with E-state index in [0.29, 0.717) is 52.0 Å². The molecule has 0 N–H and O–H groups in total. The number of carbonyl (C=O) groups is 2. The monoisotopic (exact) mass is 459 g/mol. The average molecular weight is 459 g/mol. The fraction of sp³-hybridized carbons (Fsp3) is 0.684. The van der Waals surface area contributed by atoms with Gasteiger partial charge in [0.25, 0.3) is 5.91 Å². The van der Waals surface area contributed by atoms with Crippen LogP contribution in [0.1, 0.15) is 24.8 Å². The van der Waals surface area contributed by atoms with Crippen LogP contribution >= 0.6 is 0 Å². The van der Waals surface area contributed by atoms with Crippen LogP contribution in [0, 0.1) is 0 Å². The predicted octanol–water partition coefficient (Wildman–Crippen LogP) is 1.47. The first kappa shape index (κ1) is 22.5. The summed E-state index contributed by atoms with van der Waals surface area (Å²) in [5.74, 6) is 0.102.